The van der Waals surface area contributed by atoms with Crippen LogP contribution in [0, 0.1) is 0 Å². The molecule has 0 bridgehead atoms. The third-order valence-electron chi connectivity index (χ3n) is 3.76. The van der Waals surface area contributed by atoms with E-state index in [1.54, 1.807) is 0 Å². The van der Waals surface area contributed by atoms with Gasteiger partial charge in [0.2, 0.25) is 5.91 Å². The maximum absolute atomic E-state index is 12.4. The van der Waals surface area contributed by atoms with Crippen molar-refractivity contribution in [1.29, 1.82) is 0 Å². The summed E-state index contributed by atoms with van der Waals surface area (Å²) in [6.07, 6.45) is 3.65. The molecule has 0 aromatic heterocycles. The molecule has 0 aliphatic carbocycles. The van der Waals surface area contributed by atoms with Gasteiger partial charge in [-0.15, -0.1) is 0 Å². The van der Waals surface area contributed by atoms with E-state index in [9.17, 15) is 4.79 Å². The van der Waals surface area contributed by atoms with Crippen molar-refractivity contribution in [3.63, 3.8) is 0 Å². The van der Waals surface area contributed by atoms with Crippen LogP contribution in [0.25, 0.3) is 0 Å². The van der Waals surface area contributed by atoms with E-state index in [1.807, 2.05) is 38.1 Å². The van der Waals surface area contributed by atoms with Gasteiger partial charge in [0, 0.05) is 0 Å². The van der Waals surface area contributed by atoms with Crippen LogP contribution in [-0.2, 0) is 4.79 Å². The summed E-state index contributed by atoms with van der Waals surface area (Å²) in [6, 6.07) is 7.49. The molecule has 1 fully saturated rings. The minimum atomic E-state index is -0.0926. The van der Waals surface area contributed by atoms with E-state index >= 15 is 0 Å². The Labute approximate surface area is 121 Å². The van der Waals surface area contributed by atoms with E-state index in [1.165, 1.54) is 19.3 Å². The number of piperidine rings is 1. The SMILES string of the molecule is CCOc1ccccc1NC(=O)[C@@H](C)N1CCCCC1. The molecule has 0 radical (unpaired) electrons. The Hall–Kier alpha value is -1.55. The fourth-order valence-corrected chi connectivity index (χ4v) is 2.56. The average Bonchev–Trinajstić information content (AvgIpc) is 2.49. The number of nitrogens with one attached hydrogen (secondary N) is 1. The number of benzene rings is 1. The second-order valence-electron chi connectivity index (χ2n) is 5.19. The van der Waals surface area contributed by atoms with Crippen LogP contribution in [0.15, 0.2) is 24.3 Å². The molecule has 1 atom stereocenters. The molecule has 20 heavy (non-hydrogen) atoms. The summed E-state index contributed by atoms with van der Waals surface area (Å²) in [4.78, 5) is 14.6. The van der Waals surface area contributed by atoms with Gasteiger partial charge in [-0.2, -0.15) is 0 Å². The van der Waals surface area contributed by atoms with Crippen LogP contribution in [0.1, 0.15) is 33.1 Å². The molecule has 2 rings (SSSR count). The van der Waals surface area contributed by atoms with Crippen molar-refractivity contribution in [2.45, 2.75) is 39.2 Å². The Morgan fingerprint density at radius 3 is 2.70 bits per heavy atom. The molecule has 1 heterocycles. The average molecular weight is 276 g/mol. The molecule has 1 saturated heterocycles. The molecule has 4 heteroatoms. The van der Waals surface area contributed by atoms with Gasteiger partial charge in [-0.1, -0.05) is 18.6 Å². The highest BCUT2D eigenvalue weighted by Gasteiger charge is 2.23. The van der Waals surface area contributed by atoms with Crippen molar-refractivity contribution in [1.82, 2.24) is 4.90 Å². The highest BCUT2D eigenvalue weighted by molar-refractivity contribution is 5.95. The predicted molar refractivity (Wildman–Crippen MR) is 81.1 cm³/mol. The van der Waals surface area contributed by atoms with Crippen molar-refractivity contribution in [2.24, 2.45) is 0 Å². The first-order valence-corrected chi connectivity index (χ1v) is 7.49. The van der Waals surface area contributed by atoms with Crippen LogP contribution in [0.5, 0.6) is 5.75 Å². The summed E-state index contributed by atoms with van der Waals surface area (Å²) in [6.45, 7) is 6.54. The van der Waals surface area contributed by atoms with Gasteiger partial charge in [0.1, 0.15) is 5.75 Å². The van der Waals surface area contributed by atoms with Crippen molar-refractivity contribution in [2.75, 3.05) is 25.0 Å². The quantitative estimate of drug-likeness (QED) is 0.899. The molecular weight excluding hydrogens is 252 g/mol. The number of anilines is 1. The Kier molecular flexibility index (Phi) is 5.41. The number of amides is 1. The molecule has 1 aliphatic heterocycles. The summed E-state index contributed by atoms with van der Waals surface area (Å²) >= 11 is 0. The topological polar surface area (TPSA) is 41.6 Å². The normalized spacial score (nSPS) is 17.5. The molecule has 4 nitrogen and oxygen atoms in total. The van der Waals surface area contributed by atoms with Gasteiger partial charge in [0.15, 0.2) is 0 Å². The number of ether oxygens (including phenoxy) is 1. The number of likely N-dealkylation sites (tertiary alicyclic amines) is 1. The summed E-state index contributed by atoms with van der Waals surface area (Å²) in [5.41, 5.74) is 0.753. The molecular formula is C16H24N2O2. The lowest BCUT2D eigenvalue weighted by molar-refractivity contribution is -0.121. The van der Waals surface area contributed by atoms with Crippen LogP contribution in [-0.4, -0.2) is 36.5 Å². The number of rotatable bonds is 5. The molecule has 1 aliphatic rings. The van der Waals surface area contributed by atoms with E-state index in [-0.39, 0.29) is 11.9 Å². The molecule has 110 valence electrons. The van der Waals surface area contributed by atoms with E-state index in [0.717, 1.165) is 24.5 Å². The lowest BCUT2D eigenvalue weighted by Gasteiger charge is -2.31. The van der Waals surface area contributed by atoms with Gasteiger partial charge < -0.3 is 10.1 Å². The second kappa shape index (κ2) is 7.29. The summed E-state index contributed by atoms with van der Waals surface area (Å²) in [7, 11) is 0. The van der Waals surface area contributed by atoms with Crippen molar-refractivity contribution in [3.05, 3.63) is 24.3 Å². The van der Waals surface area contributed by atoms with Gasteiger partial charge in [0.05, 0.1) is 18.3 Å². The number of carbonyl (C=O) groups excluding carboxylic acids is 1. The Balaban J connectivity index is 1.99. The highest BCUT2D eigenvalue weighted by atomic mass is 16.5. The number of hydrogen-bond acceptors (Lipinski definition) is 3. The highest BCUT2D eigenvalue weighted by Crippen LogP contribution is 2.24. The van der Waals surface area contributed by atoms with E-state index in [0.29, 0.717) is 6.61 Å². The lowest BCUT2D eigenvalue weighted by atomic mass is 10.1. The zero-order valence-electron chi connectivity index (χ0n) is 12.4. The molecule has 0 saturated carbocycles. The Morgan fingerprint density at radius 1 is 1.30 bits per heavy atom. The van der Waals surface area contributed by atoms with E-state index in [4.69, 9.17) is 4.74 Å². The van der Waals surface area contributed by atoms with Gasteiger partial charge in [-0.25, -0.2) is 0 Å². The first-order chi connectivity index (χ1) is 9.72. The maximum Gasteiger partial charge on any atom is 0.241 e. The zero-order chi connectivity index (χ0) is 14.4. The standard InChI is InChI=1S/C16H24N2O2/c1-3-20-15-10-6-5-9-14(15)17-16(19)13(2)18-11-7-4-8-12-18/h5-6,9-10,13H,3-4,7-8,11-12H2,1-2H3,(H,17,19)/t13-/m1/s1. The largest absolute Gasteiger partial charge is 0.492 e. The second-order valence-corrected chi connectivity index (χ2v) is 5.19. The van der Waals surface area contributed by atoms with Crippen LogP contribution < -0.4 is 10.1 Å². The maximum atomic E-state index is 12.4. The number of nitrogens with zero attached hydrogens (tertiary/aromatic N) is 1. The van der Waals surface area contributed by atoms with Gasteiger partial charge in [-0.3, -0.25) is 9.69 Å². The summed E-state index contributed by atoms with van der Waals surface area (Å²) < 4.78 is 5.53. The number of hydrogen-bond donors (Lipinski definition) is 1. The molecule has 0 unspecified atom stereocenters. The van der Waals surface area contributed by atoms with Crippen molar-refractivity contribution >= 4 is 11.6 Å². The van der Waals surface area contributed by atoms with Crippen molar-refractivity contribution in [3.8, 4) is 5.75 Å². The fraction of sp³-hybridized carbons (Fsp3) is 0.562. The first kappa shape index (κ1) is 14.9. The van der Waals surface area contributed by atoms with Gasteiger partial charge in [0.25, 0.3) is 0 Å². The minimum Gasteiger partial charge on any atom is -0.492 e. The van der Waals surface area contributed by atoms with E-state index < -0.39 is 0 Å². The summed E-state index contributed by atoms with van der Waals surface area (Å²) in [5.74, 6) is 0.772. The van der Waals surface area contributed by atoms with Gasteiger partial charge in [-0.05, 0) is 51.9 Å². The van der Waals surface area contributed by atoms with Crippen LogP contribution in [0.3, 0.4) is 0 Å². The van der Waals surface area contributed by atoms with Crippen molar-refractivity contribution < 1.29 is 9.53 Å². The third-order valence-corrected chi connectivity index (χ3v) is 3.76. The first-order valence-electron chi connectivity index (χ1n) is 7.49. The Bertz CT molecular complexity index is 442. The number of para-hydroxylation sites is 2. The van der Waals surface area contributed by atoms with E-state index in [2.05, 4.69) is 10.2 Å². The third kappa shape index (κ3) is 3.73. The minimum absolute atomic E-state index is 0.0408. The zero-order valence-corrected chi connectivity index (χ0v) is 12.4. The smallest absolute Gasteiger partial charge is 0.241 e. The Morgan fingerprint density at radius 2 is 2.00 bits per heavy atom. The van der Waals surface area contributed by atoms with Crippen LogP contribution in [0.4, 0.5) is 5.69 Å². The van der Waals surface area contributed by atoms with Crippen LogP contribution in [0.2, 0.25) is 0 Å². The lowest BCUT2D eigenvalue weighted by Crippen LogP contribution is -2.44. The molecule has 1 amide bonds. The number of carbonyl (C=O) groups is 1. The predicted octanol–water partition coefficient (Wildman–Crippen LogP) is 2.90. The van der Waals surface area contributed by atoms with Crippen LogP contribution >= 0.6 is 0 Å². The molecule has 1 aromatic rings. The monoisotopic (exact) mass is 276 g/mol. The van der Waals surface area contributed by atoms with Gasteiger partial charge >= 0.3 is 0 Å². The molecule has 1 N–H and O–H groups in total. The molecule has 1 aromatic carbocycles. The molecule has 0 spiro atoms. The summed E-state index contributed by atoms with van der Waals surface area (Å²) in [5, 5.41) is 2.99. The fourth-order valence-electron chi connectivity index (χ4n) is 2.56.